The lowest BCUT2D eigenvalue weighted by Crippen LogP contribution is -2.01. The quantitative estimate of drug-likeness (QED) is 0.168. The van der Waals surface area contributed by atoms with Crippen molar-refractivity contribution in [3.8, 4) is 56.4 Å². The first-order valence-corrected chi connectivity index (χ1v) is 18.5. The SMILES string of the molecule is c1ccc(-c2cccc(-c3nc(-c4ccccc4)nc(-c4cc(-c5ccc6c7ccccc7c7ccccc7c6c5)cc5oc6ccccc6c45)n3)c2)cc1. The molecule has 0 aliphatic rings. The molecule has 9 aromatic carbocycles. The molecule has 4 heteroatoms. The Morgan fingerprint density at radius 3 is 1.49 bits per heavy atom. The van der Waals surface area contributed by atoms with Crippen molar-refractivity contribution in [2.75, 3.05) is 0 Å². The third-order valence-electron chi connectivity index (χ3n) is 10.7. The van der Waals surface area contributed by atoms with E-state index in [1.54, 1.807) is 0 Å². The lowest BCUT2D eigenvalue weighted by atomic mass is 9.91. The van der Waals surface area contributed by atoms with Crippen LogP contribution in [0.4, 0.5) is 0 Å². The minimum atomic E-state index is 0.588. The highest BCUT2D eigenvalue weighted by atomic mass is 16.3. The van der Waals surface area contributed by atoms with E-state index in [-0.39, 0.29) is 0 Å². The van der Waals surface area contributed by atoms with E-state index < -0.39 is 0 Å². The van der Waals surface area contributed by atoms with Gasteiger partial charge in [-0.1, -0.05) is 158 Å². The molecule has 2 aromatic heterocycles. The first-order chi connectivity index (χ1) is 27.2. The van der Waals surface area contributed by atoms with Crippen LogP contribution in [0.1, 0.15) is 0 Å². The molecule has 0 bridgehead atoms. The summed E-state index contributed by atoms with van der Waals surface area (Å²) in [5.74, 6) is 1.81. The molecule has 2 heterocycles. The Morgan fingerprint density at radius 1 is 0.273 bits per heavy atom. The van der Waals surface area contributed by atoms with Crippen molar-refractivity contribution < 1.29 is 4.42 Å². The fourth-order valence-corrected chi connectivity index (χ4v) is 8.09. The van der Waals surface area contributed by atoms with Gasteiger partial charge < -0.3 is 4.42 Å². The lowest BCUT2D eigenvalue weighted by Gasteiger charge is -2.13. The van der Waals surface area contributed by atoms with Crippen LogP contribution in [0.25, 0.3) is 111 Å². The van der Waals surface area contributed by atoms with E-state index >= 15 is 0 Å². The maximum atomic E-state index is 6.62. The van der Waals surface area contributed by atoms with E-state index in [1.165, 1.54) is 32.3 Å². The molecule has 0 amide bonds. The summed E-state index contributed by atoms with van der Waals surface area (Å²) in [6.45, 7) is 0. The maximum absolute atomic E-state index is 6.62. The number of furan rings is 1. The molecular formula is C51H31N3O. The monoisotopic (exact) mass is 701 g/mol. The second-order valence-electron chi connectivity index (χ2n) is 14.0. The first kappa shape index (κ1) is 31.1. The predicted octanol–water partition coefficient (Wildman–Crippen LogP) is 13.6. The van der Waals surface area contributed by atoms with Crippen LogP contribution in [0.3, 0.4) is 0 Å². The zero-order valence-corrected chi connectivity index (χ0v) is 29.6. The predicted molar refractivity (Wildman–Crippen MR) is 227 cm³/mol. The van der Waals surface area contributed by atoms with Gasteiger partial charge in [-0.05, 0) is 84.9 Å². The highest BCUT2D eigenvalue weighted by Crippen LogP contribution is 2.42. The Balaban J connectivity index is 1.17. The lowest BCUT2D eigenvalue weighted by molar-refractivity contribution is 0.669. The maximum Gasteiger partial charge on any atom is 0.164 e. The summed E-state index contributed by atoms with van der Waals surface area (Å²) in [5, 5.41) is 9.43. The summed E-state index contributed by atoms with van der Waals surface area (Å²) < 4.78 is 6.62. The van der Waals surface area contributed by atoms with Crippen molar-refractivity contribution in [2.45, 2.75) is 0 Å². The topological polar surface area (TPSA) is 51.8 Å². The summed E-state index contributed by atoms with van der Waals surface area (Å²) >= 11 is 0. The highest BCUT2D eigenvalue weighted by Gasteiger charge is 2.20. The molecule has 0 unspecified atom stereocenters. The fourth-order valence-electron chi connectivity index (χ4n) is 8.09. The minimum absolute atomic E-state index is 0.588. The number of nitrogens with zero attached hydrogens (tertiary/aromatic N) is 3. The Hall–Kier alpha value is -7.43. The van der Waals surface area contributed by atoms with E-state index in [4.69, 9.17) is 19.4 Å². The van der Waals surface area contributed by atoms with Gasteiger partial charge in [0.25, 0.3) is 0 Å². The highest BCUT2D eigenvalue weighted by molar-refractivity contribution is 6.26. The second kappa shape index (κ2) is 12.6. The van der Waals surface area contributed by atoms with Gasteiger partial charge in [-0.3, -0.25) is 0 Å². The fraction of sp³-hybridized carbons (Fsp3) is 0. The van der Waals surface area contributed by atoms with Gasteiger partial charge >= 0.3 is 0 Å². The van der Waals surface area contributed by atoms with Crippen LogP contribution in [0.15, 0.2) is 192 Å². The largest absolute Gasteiger partial charge is 0.456 e. The molecule has 0 spiro atoms. The summed E-state index contributed by atoms with van der Waals surface area (Å²) in [4.78, 5) is 15.6. The molecule has 0 fully saturated rings. The normalized spacial score (nSPS) is 11.6. The number of hydrogen-bond acceptors (Lipinski definition) is 4. The van der Waals surface area contributed by atoms with Crippen molar-refractivity contribution in [3.05, 3.63) is 188 Å². The smallest absolute Gasteiger partial charge is 0.164 e. The standard InChI is InChI=1S/C51H31N3O/c1-3-14-32(15-4-1)34-18-13-19-36(28-34)50-52-49(33-16-5-2-6-17-33)53-51(54-50)45-30-37(31-47-48(45)43-24-11-12-25-46(43)55-47)35-26-27-42-40-22-8-7-20-38(40)39-21-9-10-23-41(39)44(42)29-35/h1-31H. The third kappa shape index (κ3) is 5.26. The molecule has 0 aliphatic carbocycles. The number of para-hydroxylation sites is 1. The Bertz CT molecular complexity index is 3220. The van der Waals surface area contributed by atoms with Crippen LogP contribution >= 0.6 is 0 Å². The molecule has 55 heavy (non-hydrogen) atoms. The van der Waals surface area contributed by atoms with Gasteiger partial charge in [-0.25, -0.2) is 15.0 Å². The molecule has 0 aliphatic heterocycles. The van der Waals surface area contributed by atoms with Crippen LogP contribution in [0.5, 0.6) is 0 Å². The van der Waals surface area contributed by atoms with Gasteiger partial charge in [-0.15, -0.1) is 0 Å². The summed E-state index contributed by atoms with van der Waals surface area (Å²) in [7, 11) is 0. The molecule has 256 valence electrons. The zero-order valence-electron chi connectivity index (χ0n) is 29.6. The first-order valence-electron chi connectivity index (χ1n) is 18.5. The van der Waals surface area contributed by atoms with Gasteiger partial charge in [0.2, 0.25) is 0 Å². The van der Waals surface area contributed by atoms with Crippen molar-refractivity contribution in [3.63, 3.8) is 0 Å². The van der Waals surface area contributed by atoms with Gasteiger partial charge in [0.1, 0.15) is 11.2 Å². The van der Waals surface area contributed by atoms with E-state index in [2.05, 4.69) is 140 Å². The number of hydrogen-bond donors (Lipinski definition) is 0. The zero-order chi connectivity index (χ0) is 36.3. The second-order valence-corrected chi connectivity index (χ2v) is 14.0. The summed E-state index contributed by atoms with van der Waals surface area (Å²) in [6, 6.07) is 65.7. The minimum Gasteiger partial charge on any atom is -0.456 e. The van der Waals surface area contributed by atoms with Crippen LogP contribution < -0.4 is 0 Å². The molecule has 0 N–H and O–H groups in total. The van der Waals surface area contributed by atoms with Gasteiger partial charge in [0, 0.05) is 27.5 Å². The molecule has 4 nitrogen and oxygen atoms in total. The molecule has 11 rings (SSSR count). The number of fused-ring (bicyclic) bond motifs is 9. The van der Waals surface area contributed by atoms with E-state index in [9.17, 15) is 0 Å². The summed E-state index contributed by atoms with van der Waals surface area (Å²) in [5.41, 5.74) is 8.68. The molecule has 0 saturated carbocycles. The van der Waals surface area contributed by atoms with Crippen LogP contribution in [-0.4, -0.2) is 15.0 Å². The molecule has 0 radical (unpaired) electrons. The molecule has 11 aromatic rings. The van der Waals surface area contributed by atoms with Gasteiger partial charge in [-0.2, -0.15) is 0 Å². The molecule has 0 saturated heterocycles. The van der Waals surface area contributed by atoms with Crippen molar-refractivity contribution in [1.82, 2.24) is 15.0 Å². The van der Waals surface area contributed by atoms with Crippen molar-refractivity contribution >= 4 is 54.3 Å². The van der Waals surface area contributed by atoms with E-state index in [1.807, 2.05) is 48.5 Å². The Labute approximate surface area is 317 Å². The van der Waals surface area contributed by atoms with Crippen molar-refractivity contribution in [1.29, 1.82) is 0 Å². The summed E-state index contributed by atoms with van der Waals surface area (Å²) in [6.07, 6.45) is 0. The van der Waals surface area contributed by atoms with Crippen LogP contribution in [0.2, 0.25) is 0 Å². The van der Waals surface area contributed by atoms with Crippen LogP contribution in [-0.2, 0) is 0 Å². The van der Waals surface area contributed by atoms with Gasteiger partial charge in [0.15, 0.2) is 17.5 Å². The Morgan fingerprint density at radius 2 is 0.782 bits per heavy atom. The Kier molecular flexibility index (Phi) is 7.14. The van der Waals surface area contributed by atoms with Crippen LogP contribution in [0, 0.1) is 0 Å². The van der Waals surface area contributed by atoms with Gasteiger partial charge in [0.05, 0.1) is 0 Å². The number of benzene rings is 9. The van der Waals surface area contributed by atoms with Crippen molar-refractivity contribution in [2.24, 2.45) is 0 Å². The number of aromatic nitrogens is 3. The van der Waals surface area contributed by atoms with E-state index in [0.717, 1.165) is 60.9 Å². The third-order valence-corrected chi connectivity index (χ3v) is 10.7. The van der Waals surface area contributed by atoms with E-state index in [0.29, 0.717) is 17.5 Å². The average Bonchev–Trinajstić information content (AvgIpc) is 3.65. The molecular weight excluding hydrogens is 671 g/mol. The molecule has 0 atom stereocenters. The average molecular weight is 702 g/mol. The number of rotatable bonds is 5.